The molecule has 0 radical (unpaired) electrons. The molecule has 1 heterocycles. The minimum absolute atomic E-state index is 0.172. The van der Waals surface area contributed by atoms with Gasteiger partial charge in [0, 0.05) is 19.2 Å². The van der Waals surface area contributed by atoms with E-state index in [4.69, 9.17) is 10.2 Å². The van der Waals surface area contributed by atoms with Gasteiger partial charge in [-0.3, -0.25) is 14.3 Å². The Morgan fingerprint density at radius 2 is 1.90 bits per heavy atom. The number of hydrogen-bond donors (Lipinski definition) is 3. The minimum Gasteiger partial charge on any atom is -0.481 e. The second-order valence-corrected chi connectivity index (χ2v) is 4.47. The van der Waals surface area contributed by atoms with Crippen LogP contribution in [-0.2, 0) is 16.6 Å². The molecule has 1 unspecified atom stereocenters. The van der Waals surface area contributed by atoms with Gasteiger partial charge in [0.2, 0.25) is 0 Å². The molecule has 0 bridgehead atoms. The molecular formula is C12H17N3O5. The molecule has 0 aliphatic heterocycles. The summed E-state index contributed by atoms with van der Waals surface area (Å²) in [5.74, 6) is -2.94. The fourth-order valence-electron chi connectivity index (χ4n) is 1.86. The van der Waals surface area contributed by atoms with E-state index in [0.717, 1.165) is 0 Å². The number of carboxylic acid groups (broad SMARTS) is 2. The van der Waals surface area contributed by atoms with E-state index in [1.54, 1.807) is 20.9 Å². The smallest absolute Gasteiger partial charge is 0.326 e. The van der Waals surface area contributed by atoms with Gasteiger partial charge in [0.05, 0.1) is 11.3 Å². The van der Waals surface area contributed by atoms with Crippen LogP contribution in [0.25, 0.3) is 0 Å². The third kappa shape index (κ3) is 3.56. The van der Waals surface area contributed by atoms with E-state index in [0.29, 0.717) is 17.0 Å². The van der Waals surface area contributed by atoms with Crippen molar-refractivity contribution in [1.29, 1.82) is 0 Å². The van der Waals surface area contributed by atoms with E-state index in [9.17, 15) is 14.4 Å². The molecule has 0 saturated heterocycles. The molecule has 0 fully saturated rings. The van der Waals surface area contributed by atoms with E-state index in [2.05, 4.69) is 10.4 Å². The molecule has 1 amide bonds. The number of aryl methyl sites for hydroxylation is 2. The maximum Gasteiger partial charge on any atom is 0.326 e. The summed E-state index contributed by atoms with van der Waals surface area (Å²) >= 11 is 0. The number of nitrogens with zero attached hydrogens (tertiary/aromatic N) is 2. The third-order valence-corrected chi connectivity index (χ3v) is 2.99. The van der Waals surface area contributed by atoms with Crippen LogP contribution < -0.4 is 5.32 Å². The third-order valence-electron chi connectivity index (χ3n) is 2.99. The molecule has 0 aliphatic carbocycles. The molecule has 1 rings (SSSR count). The van der Waals surface area contributed by atoms with Gasteiger partial charge in [0.15, 0.2) is 0 Å². The van der Waals surface area contributed by atoms with Gasteiger partial charge in [-0.05, 0) is 20.3 Å². The van der Waals surface area contributed by atoms with Crippen LogP contribution >= 0.6 is 0 Å². The fourth-order valence-corrected chi connectivity index (χ4v) is 1.86. The lowest BCUT2D eigenvalue weighted by molar-refractivity contribution is -0.140. The van der Waals surface area contributed by atoms with Crippen molar-refractivity contribution in [2.75, 3.05) is 0 Å². The maximum atomic E-state index is 12.1. The maximum absolute atomic E-state index is 12.1. The Kier molecular flexibility index (Phi) is 4.84. The number of aliphatic carboxylic acids is 2. The molecule has 8 nitrogen and oxygen atoms in total. The van der Waals surface area contributed by atoms with Crippen LogP contribution in [-0.4, -0.2) is 43.9 Å². The molecule has 1 aromatic heterocycles. The highest BCUT2D eigenvalue weighted by atomic mass is 16.4. The van der Waals surface area contributed by atoms with Crippen LogP contribution in [0.2, 0.25) is 0 Å². The van der Waals surface area contributed by atoms with Crippen molar-refractivity contribution in [3.63, 3.8) is 0 Å². The number of amides is 1. The van der Waals surface area contributed by atoms with Crippen LogP contribution in [0, 0.1) is 13.8 Å². The van der Waals surface area contributed by atoms with Gasteiger partial charge in [-0.1, -0.05) is 0 Å². The van der Waals surface area contributed by atoms with Gasteiger partial charge < -0.3 is 15.5 Å². The van der Waals surface area contributed by atoms with E-state index in [1.807, 2.05) is 0 Å². The highest BCUT2D eigenvalue weighted by Crippen LogP contribution is 2.12. The number of aromatic nitrogens is 2. The van der Waals surface area contributed by atoms with Crippen LogP contribution in [0.4, 0.5) is 0 Å². The fraction of sp³-hybridized carbons (Fsp3) is 0.500. The number of rotatable bonds is 6. The second-order valence-electron chi connectivity index (χ2n) is 4.47. The molecule has 8 heteroatoms. The van der Waals surface area contributed by atoms with Crippen molar-refractivity contribution >= 4 is 17.8 Å². The topological polar surface area (TPSA) is 122 Å². The number of nitrogens with one attached hydrogen (secondary N) is 1. The molecule has 3 N–H and O–H groups in total. The Balaban J connectivity index is 2.85. The lowest BCUT2D eigenvalue weighted by atomic mass is 10.1. The SMILES string of the molecule is Cc1nn(C)c(C)c1C(=O)NC(CCC(=O)O)C(=O)O. The standard InChI is InChI=1S/C12H17N3O5/c1-6-10(7(2)15(3)14-6)11(18)13-8(12(19)20)4-5-9(16)17/h8H,4-5H2,1-3H3,(H,13,18)(H,16,17)(H,19,20). The van der Waals surface area contributed by atoms with Crippen molar-refractivity contribution < 1.29 is 24.6 Å². The summed E-state index contributed by atoms with van der Waals surface area (Å²) in [6, 6.07) is -1.24. The number of hydrogen-bond acceptors (Lipinski definition) is 4. The largest absolute Gasteiger partial charge is 0.481 e. The lowest BCUT2D eigenvalue weighted by Crippen LogP contribution is -2.41. The monoisotopic (exact) mass is 283 g/mol. The summed E-state index contributed by atoms with van der Waals surface area (Å²) in [6.07, 6.45) is -0.503. The molecule has 0 saturated carbocycles. The Bertz CT molecular complexity index is 550. The summed E-state index contributed by atoms with van der Waals surface area (Å²) in [4.78, 5) is 33.6. The zero-order chi connectivity index (χ0) is 15.4. The summed E-state index contributed by atoms with van der Waals surface area (Å²) in [7, 11) is 1.68. The van der Waals surface area contributed by atoms with Crippen LogP contribution in [0.15, 0.2) is 0 Å². The zero-order valence-electron chi connectivity index (χ0n) is 11.5. The first-order valence-corrected chi connectivity index (χ1v) is 5.99. The molecule has 1 aromatic rings. The summed E-state index contributed by atoms with van der Waals surface area (Å²) in [5.41, 5.74) is 1.42. The second kappa shape index (κ2) is 6.18. The molecule has 20 heavy (non-hydrogen) atoms. The van der Waals surface area contributed by atoms with Crippen molar-refractivity contribution in [2.24, 2.45) is 7.05 Å². The van der Waals surface area contributed by atoms with Gasteiger partial charge in [-0.25, -0.2) is 4.79 Å². The Hall–Kier alpha value is -2.38. The molecular weight excluding hydrogens is 266 g/mol. The first kappa shape index (κ1) is 15.7. The predicted octanol–water partition coefficient (Wildman–Crippen LogP) is 0.0847. The Morgan fingerprint density at radius 3 is 2.30 bits per heavy atom. The number of carboxylic acids is 2. The Morgan fingerprint density at radius 1 is 1.30 bits per heavy atom. The number of carbonyl (C=O) groups excluding carboxylic acids is 1. The average molecular weight is 283 g/mol. The first-order valence-electron chi connectivity index (χ1n) is 5.99. The average Bonchev–Trinajstić information content (AvgIpc) is 2.58. The van der Waals surface area contributed by atoms with Crippen molar-refractivity contribution in [2.45, 2.75) is 32.7 Å². The van der Waals surface area contributed by atoms with Gasteiger partial charge in [0.1, 0.15) is 6.04 Å². The quantitative estimate of drug-likeness (QED) is 0.680. The van der Waals surface area contributed by atoms with Crippen molar-refractivity contribution in [3.8, 4) is 0 Å². The first-order chi connectivity index (χ1) is 9.23. The van der Waals surface area contributed by atoms with E-state index < -0.39 is 23.9 Å². The molecule has 1 atom stereocenters. The van der Waals surface area contributed by atoms with Crippen LogP contribution in [0.5, 0.6) is 0 Å². The van der Waals surface area contributed by atoms with Gasteiger partial charge in [0.25, 0.3) is 5.91 Å². The highest BCUT2D eigenvalue weighted by molar-refractivity contribution is 5.98. The molecule has 0 aliphatic rings. The highest BCUT2D eigenvalue weighted by Gasteiger charge is 2.24. The molecule has 0 aromatic carbocycles. The van der Waals surface area contributed by atoms with E-state index >= 15 is 0 Å². The summed E-state index contributed by atoms with van der Waals surface area (Å²) < 4.78 is 1.53. The number of carbonyl (C=O) groups is 3. The van der Waals surface area contributed by atoms with E-state index in [1.165, 1.54) is 4.68 Å². The predicted molar refractivity (Wildman–Crippen MR) is 68.4 cm³/mol. The van der Waals surface area contributed by atoms with Gasteiger partial charge in [-0.15, -0.1) is 0 Å². The zero-order valence-corrected chi connectivity index (χ0v) is 11.5. The van der Waals surface area contributed by atoms with Crippen molar-refractivity contribution in [3.05, 3.63) is 17.0 Å². The van der Waals surface area contributed by atoms with Gasteiger partial charge >= 0.3 is 11.9 Å². The lowest BCUT2D eigenvalue weighted by Gasteiger charge is -2.13. The Labute approximate surface area is 115 Å². The van der Waals surface area contributed by atoms with Gasteiger partial charge in [-0.2, -0.15) is 5.10 Å². The summed E-state index contributed by atoms with van der Waals surface area (Å²) in [5, 5.41) is 24.0. The minimum atomic E-state index is -1.27. The van der Waals surface area contributed by atoms with E-state index in [-0.39, 0.29) is 12.8 Å². The summed E-state index contributed by atoms with van der Waals surface area (Å²) in [6.45, 7) is 3.34. The van der Waals surface area contributed by atoms with Crippen molar-refractivity contribution in [1.82, 2.24) is 15.1 Å². The molecule has 0 spiro atoms. The molecule has 110 valence electrons. The van der Waals surface area contributed by atoms with Crippen LogP contribution in [0.1, 0.15) is 34.6 Å². The normalized spacial score (nSPS) is 11.9. The van der Waals surface area contributed by atoms with Crippen LogP contribution in [0.3, 0.4) is 0 Å².